The molecule has 1 atom stereocenters. The van der Waals surface area contributed by atoms with Crippen molar-refractivity contribution in [1.82, 2.24) is 5.32 Å². The van der Waals surface area contributed by atoms with Crippen molar-refractivity contribution in [3.8, 4) is 0 Å². The second kappa shape index (κ2) is 6.91. The molecule has 1 amide bonds. The van der Waals surface area contributed by atoms with Gasteiger partial charge in [0.25, 0.3) is 0 Å². The maximum atomic E-state index is 12.0. The van der Waals surface area contributed by atoms with E-state index in [1.165, 1.54) is 0 Å². The largest absolute Gasteiger partial charge is 0.349 e. The lowest BCUT2D eigenvalue weighted by Crippen LogP contribution is -2.28. The molecule has 0 spiro atoms. The third-order valence-electron chi connectivity index (χ3n) is 3.00. The highest BCUT2D eigenvalue weighted by Gasteiger charge is 2.10. The van der Waals surface area contributed by atoms with Gasteiger partial charge < -0.3 is 5.32 Å². The number of halogens is 2. The molecular weight excluding hydrogens is 338 g/mol. The SMILES string of the molecule is CC(NC(=O)Cc1cccc(Cl)c1)c1ccc(Br)cc1. The normalized spacial score (nSPS) is 11.9. The summed E-state index contributed by atoms with van der Waals surface area (Å²) < 4.78 is 1.03. The molecule has 0 heterocycles. The molecule has 4 heteroatoms. The molecule has 0 aliphatic carbocycles. The molecule has 0 aliphatic heterocycles. The third kappa shape index (κ3) is 4.36. The van der Waals surface area contributed by atoms with E-state index >= 15 is 0 Å². The van der Waals surface area contributed by atoms with Crippen LogP contribution in [0.25, 0.3) is 0 Å². The lowest BCUT2D eigenvalue weighted by molar-refractivity contribution is -0.121. The van der Waals surface area contributed by atoms with E-state index in [1.54, 1.807) is 6.07 Å². The number of hydrogen-bond donors (Lipinski definition) is 1. The summed E-state index contributed by atoms with van der Waals surface area (Å²) in [5, 5.41) is 3.64. The summed E-state index contributed by atoms with van der Waals surface area (Å²) in [7, 11) is 0. The first-order valence-electron chi connectivity index (χ1n) is 6.34. The number of carbonyl (C=O) groups is 1. The highest BCUT2D eigenvalue weighted by atomic mass is 79.9. The first kappa shape index (κ1) is 15.1. The average Bonchev–Trinajstić information content (AvgIpc) is 2.39. The van der Waals surface area contributed by atoms with Crippen molar-refractivity contribution in [2.24, 2.45) is 0 Å². The first-order valence-corrected chi connectivity index (χ1v) is 7.51. The van der Waals surface area contributed by atoms with Gasteiger partial charge in [0.1, 0.15) is 0 Å². The Morgan fingerprint density at radius 3 is 2.60 bits per heavy atom. The monoisotopic (exact) mass is 351 g/mol. The predicted octanol–water partition coefficient (Wildman–Crippen LogP) is 4.52. The topological polar surface area (TPSA) is 29.1 Å². The van der Waals surface area contributed by atoms with E-state index in [0.29, 0.717) is 11.4 Å². The van der Waals surface area contributed by atoms with Crippen LogP contribution >= 0.6 is 27.5 Å². The summed E-state index contributed by atoms with van der Waals surface area (Å²) in [5.74, 6) is -0.0114. The second-order valence-corrected chi connectivity index (χ2v) is 6.00. The van der Waals surface area contributed by atoms with Gasteiger partial charge in [0.15, 0.2) is 0 Å². The van der Waals surface area contributed by atoms with Gasteiger partial charge in [-0.15, -0.1) is 0 Å². The zero-order valence-electron chi connectivity index (χ0n) is 11.1. The van der Waals surface area contributed by atoms with Crippen molar-refractivity contribution in [3.63, 3.8) is 0 Å². The summed E-state index contributed by atoms with van der Waals surface area (Å²) in [6.45, 7) is 1.97. The molecule has 20 heavy (non-hydrogen) atoms. The Kier molecular flexibility index (Phi) is 5.21. The highest BCUT2D eigenvalue weighted by Crippen LogP contribution is 2.17. The van der Waals surface area contributed by atoms with Crippen LogP contribution in [-0.2, 0) is 11.2 Å². The van der Waals surface area contributed by atoms with Gasteiger partial charge in [-0.25, -0.2) is 0 Å². The lowest BCUT2D eigenvalue weighted by atomic mass is 10.1. The van der Waals surface area contributed by atoms with Crippen LogP contribution in [0.5, 0.6) is 0 Å². The Morgan fingerprint density at radius 1 is 1.25 bits per heavy atom. The molecule has 2 aromatic carbocycles. The van der Waals surface area contributed by atoms with Gasteiger partial charge in [-0.3, -0.25) is 4.79 Å². The van der Waals surface area contributed by atoms with Crippen molar-refractivity contribution < 1.29 is 4.79 Å². The van der Waals surface area contributed by atoms with Gasteiger partial charge in [0, 0.05) is 9.50 Å². The summed E-state index contributed by atoms with van der Waals surface area (Å²) in [4.78, 5) is 12.0. The van der Waals surface area contributed by atoms with Gasteiger partial charge in [-0.2, -0.15) is 0 Å². The van der Waals surface area contributed by atoms with Gasteiger partial charge >= 0.3 is 0 Å². The minimum absolute atomic E-state index is 0.0114. The number of nitrogens with one attached hydrogen (secondary N) is 1. The van der Waals surface area contributed by atoms with Crippen LogP contribution in [0.15, 0.2) is 53.0 Å². The fraction of sp³-hybridized carbons (Fsp3) is 0.188. The van der Waals surface area contributed by atoms with Crippen LogP contribution < -0.4 is 5.32 Å². The van der Waals surface area contributed by atoms with Crippen LogP contribution in [-0.4, -0.2) is 5.91 Å². The summed E-state index contributed by atoms with van der Waals surface area (Å²) in [6, 6.07) is 15.3. The van der Waals surface area contributed by atoms with Gasteiger partial charge in [-0.05, 0) is 42.3 Å². The molecule has 2 rings (SSSR count). The van der Waals surface area contributed by atoms with Crippen molar-refractivity contribution in [3.05, 3.63) is 69.2 Å². The molecule has 0 fully saturated rings. The van der Waals surface area contributed by atoms with Crippen molar-refractivity contribution in [2.45, 2.75) is 19.4 Å². The van der Waals surface area contributed by atoms with Gasteiger partial charge in [0.05, 0.1) is 12.5 Å². The zero-order chi connectivity index (χ0) is 14.5. The van der Waals surface area contributed by atoms with E-state index in [4.69, 9.17) is 11.6 Å². The number of rotatable bonds is 4. The second-order valence-electron chi connectivity index (χ2n) is 4.65. The Morgan fingerprint density at radius 2 is 1.95 bits per heavy atom. The third-order valence-corrected chi connectivity index (χ3v) is 3.76. The van der Waals surface area contributed by atoms with Gasteiger partial charge in [0.2, 0.25) is 5.91 Å². The standard InChI is InChI=1S/C16H15BrClNO/c1-11(13-5-7-14(17)8-6-13)19-16(20)10-12-3-2-4-15(18)9-12/h2-9,11H,10H2,1H3,(H,19,20). The molecule has 0 saturated heterocycles. The maximum Gasteiger partial charge on any atom is 0.224 e. The maximum absolute atomic E-state index is 12.0. The summed E-state index contributed by atoms with van der Waals surface area (Å²) in [6.07, 6.45) is 0.335. The molecule has 0 bridgehead atoms. The number of amides is 1. The van der Waals surface area contributed by atoms with E-state index in [9.17, 15) is 4.79 Å². The van der Waals surface area contributed by atoms with E-state index in [1.807, 2.05) is 49.4 Å². The van der Waals surface area contributed by atoms with Crippen LogP contribution in [0.2, 0.25) is 5.02 Å². The quantitative estimate of drug-likeness (QED) is 0.861. The van der Waals surface area contributed by atoms with Crippen molar-refractivity contribution >= 4 is 33.4 Å². The Balaban J connectivity index is 1.95. The summed E-state index contributed by atoms with van der Waals surface area (Å²) >= 11 is 9.31. The minimum Gasteiger partial charge on any atom is -0.349 e. The van der Waals surface area contributed by atoms with Crippen LogP contribution in [0.4, 0.5) is 0 Å². The highest BCUT2D eigenvalue weighted by molar-refractivity contribution is 9.10. The minimum atomic E-state index is -0.0187. The van der Waals surface area contributed by atoms with Crippen molar-refractivity contribution in [1.29, 1.82) is 0 Å². The average molecular weight is 353 g/mol. The Labute approximate surface area is 132 Å². The Bertz CT molecular complexity index is 598. The molecule has 2 nitrogen and oxygen atoms in total. The Hall–Kier alpha value is -1.32. The van der Waals surface area contributed by atoms with Crippen molar-refractivity contribution in [2.75, 3.05) is 0 Å². The molecular formula is C16H15BrClNO. The molecule has 104 valence electrons. The zero-order valence-corrected chi connectivity index (χ0v) is 13.4. The first-order chi connectivity index (χ1) is 9.54. The van der Waals surface area contributed by atoms with E-state index in [-0.39, 0.29) is 11.9 Å². The van der Waals surface area contributed by atoms with E-state index in [2.05, 4.69) is 21.2 Å². The fourth-order valence-electron chi connectivity index (χ4n) is 1.96. The molecule has 2 aromatic rings. The molecule has 1 N–H and O–H groups in total. The van der Waals surface area contributed by atoms with Crippen LogP contribution in [0.3, 0.4) is 0 Å². The van der Waals surface area contributed by atoms with E-state index < -0.39 is 0 Å². The van der Waals surface area contributed by atoms with E-state index in [0.717, 1.165) is 15.6 Å². The fourth-order valence-corrected chi connectivity index (χ4v) is 2.44. The summed E-state index contributed by atoms with van der Waals surface area (Å²) in [5.41, 5.74) is 1.99. The number of benzene rings is 2. The van der Waals surface area contributed by atoms with Crippen LogP contribution in [0.1, 0.15) is 24.1 Å². The molecule has 1 unspecified atom stereocenters. The predicted molar refractivity (Wildman–Crippen MR) is 85.9 cm³/mol. The lowest BCUT2D eigenvalue weighted by Gasteiger charge is -2.14. The van der Waals surface area contributed by atoms with Crippen LogP contribution in [0, 0.1) is 0 Å². The van der Waals surface area contributed by atoms with Gasteiger partial charge in [-0.1, -0.05) is 51.8 Å². The molecule has 0 aliphatic rings. The smallest absolute Gasteiger partial charge is 0.224 e. The number of hydrogen-bond acceptors (Lipinski definition) is 1. The molecule has 0 saturated carbocycles. The number of carbonyl (C=O) groups excluding carboxylic acids is 1. The molecule has 0 radical (unpaired) electrons. The molecule has 0 aromatic heterocycles.